The first-order chi connectivity index (χ1) is 10.0. The predicted octanol–water partition coefficient (Wildman–Crippen LogP) is 4.26. The molecule has 1 aromatic heterocycles. The van der Waals surface area contributed by atoms with Crippen LogP contribution in [-0.2, 0) is 6.54 Å². The molecule has 22 heavy (non-hydrogen) atoms. The van der Waals surface area contributed by atoms with Crippen molar-refractivity contribution in [3.63, 3.8) is 0 Å². The monoisotopic (exact) mass is 436 g/mol. The van der Waals surface area contributed by atoms with Crippen molar-refractivity contribution in [3.8, 4) is 0 Å². The quantitative estimate of drug-likeness (QED) is 0.364. The third kappa shape index (κ3) is 7.26. The minimum absolute atomic E-state index is 0. The third-order valence-corrected chi connectivity index (χ3v) is 4.61. The first-order valence-corrected chi connectivity index (χ1v) is 8.93. The molecule has 1 atom stereocenters. The van der Waals surface area contributed by atoms with E-state index in [1.807, 2.05) is 0 Å². The number of rotatable bonds is 8. The zero-order valence-corrected chi connectivity index (χ0v) is 17.0. The summed E-state index contributed by atoms with van der Waals surface area (Å²) >= 11 is 1.69. The Morgan fingerprint density at radius 2 is 2.14 bits per heavy atom. The van der Waals surface area contributed by atoms with Crippen LogP contribution in [0.5, 0.6) is 0 Å². The lowest BCUT2D eigenvalue weighted by atomic mass is 10.0. The summed E-state index contributed by atoms with van der Waals surface area (Å²) in [6, 6.07) is 0.380. The molecule has 0 aromatic carbocycles. The second-order valence-electron chi connectivity index (χ2n) is 6.51. The number of hydrogen-bond donors (Lipinski definition) is 2. The normalized spacial score (nSPS) is 16.5. The van der Waals surface area contributed by atoms with Crippen molar-refractivity contribution in [2.45, 2.75) is 71.4 Å². The fraction of sp³-hybridized carbons (Fsp3) is 0.750. The van der Waals surface area contributed by atoms with Crippen molar-refractivity contribution in [2.24, 2.45) is 16.6 Å². The highest BCUT2D eigenvalue weighted by atomic mass is 127. The van der Waals surface area contributed by atoms with E-state index >= 15 is 0 Å². The lowest BCUT2D eigenvalue weighted by molar-refractivity contribution is 0.493. The van der Waals surface area contributed by atoms with Gasteiger partial charge in [-0.05, 0) is 32.1 Å². The van der Waals surface area contributed by atoms with Crippen LogP contribution in [0.3, 0.4) is 0 Å². The van der Waals surface area contributed by atoms with Gasteiger partial charge in [0.1, 0.15) is 5.01 Å². The lowest BCUT2D eigenvalue weighted by Crippen LogP contribution is -2.38. The molecule has 1 fully saturated rings. The first kappa shape index (κ1) is 19.7. The number of hydrogen-bond acceptors (Lipinski definition) is 3. The van der Waals surface area contributed by atoms with Gasteiger partial charge in [0, 0.05) is 17.3 Å². The second-order valence-corrected chi connectivity index (χ2v) is 7.45. The Balaban J connectivity index is 0.00000242. The van der Waals surface area contributed by atoms with Crippen molar-refractivity contribution in [1.29, 1.82) is 0 Å². The molecular formula is C16H29IN4S. The van der Waals surface area contributed by atoms with E-state index in [1.54, 1.807) is 11.3 Å². The number of halogens is 1. The van der Waals surface area contributed by atoms with E-state index in [9.17, 15) is 0 Å². The van der Waals surface area contributed by atoms with Crippen LogP contribution in [-0.4, -0.2) is 17.0 Å². The number of aromatic nitrogens is 1. The van der Waals surface area contributed by atoms with Crippen LogP contribution < -0.4 is 11.1 Å². The summed E-state index contributed by atoms with van der Waals surface area (Å²) in [5.41, 5.74) is 7.20. The number of nitrogens with one attached hydrogen (secondary N) is 1. The summed E-state index contributed by atoms with van der Waals surface area (Å²) < 4.78 is 0. The summed E-state index contributed by atoms with van der Waals surface area (Å²) in [4.78, 5) is 9.02. The minimum atomic E-state index is 0. The van der Waals surface area contributed by atoms with Gasteiger partial charge in [-0.1, -0.05) is 26.7 Å². The molecule has 126 valence electrons. The molecular weight excluding hydrogens is 407 g/mol. The SMILES string of the molecule is CC(C)CCCC(C)NC(N)=NCc1nc(C2CC2)cs1.I. The molecule has 1 aliphatic rings. The molecule has 2 rings (SSSR count). The average molecular weight is 436 g/mol. The average Bonchev–Trinajstić information content (AvgIpc) is 3.15. The van der Waals surface area contributed by atoms with E-state index in [0.29, 0.717) is 18.5 Å². The smallest absolute Gasteiger partial charge is 0.189 e. The fourth-order valence-corrected chi connectivity index (χ4v) is 3.12. The Labute approximate surface area is 155 Å². The second kappa shape index (κ2) is 9.70. The summed E-state index contributed by atoms with van der Waals surface area (Å²) in [6.45, 7) is 7.28. The molecule has 1 heterocycles. The summed E-state index contributed by atoms with van der Waals surface area (Å²) in [5.74, 6) is 2.03. The number of aliphatic imine (C=N–C) groups is 1. The number of nitrogens with two attached hydrogens (primary N) is 1. The molecule has 0 saturated heterocycles. The van der Waals surface area contributed by atoms with Crippen molar-refractivity contribution >= 4 is 41.3 Å². The molecule has 1 saturated carbocycles. The fourth-order valence-electron chi connectivity index (χ4n) is 2.32. The van der Waals surface area contributed by atoms with Crippen LogP contribution >= 0.6 is 35.3 Å². The summed E-state index contributed by atoms with van der Waals surface area (Å²) in [6.07, 6.45) is 6.23. The van der Waals surface area contributed by atoms with Crippen LogP contribution in [0.15, 0.2) is 10.4 Å². The third-order valence-electron chi connectivity index (χ3n) is 3.76. The van der Waals surface area contributed by atoms with E-state index in [4.69, 9.17) is 5.73 Å². The number of guanidine groups is 1. The van der Waals surface area contributed by atoms with Gasteiger partial charge in [-0.3, -0.25) is 0 Å². The molecule has 1 aromatic rings. The lowest BCUT2D eigenvalue weighted by Gasteiger charge is -2.14. The molecule has 4 nitrogen and oxygen atoms in total. The van der Waals surface area contributed by atoms with Gasteiger partial charge in [-0.2, -0.15) is 0 Å². The zero-order valence-electron chi connectivity index (χ0n) is 13.8. The van der Waals surface area contributed by atoms with Gasteiger partial charge in [0.25, 0.3) is 0 Å². The Morgan fingerprint density at radius 1 is 1.41 bits per heavy atom. The molecule has 0 bridgehead atoms. The van der Waals surface area contributed by atoms with E-state index in [-0.39, 0.29) is 24.0 Å². The molecule has 0 radical (unpaired) electrons. The molecule has 0 spiro atoms. The highest BCUT2D eigenvalue weighted by Crippen LogP contribution is 2.40. The summed E-state index contributed by atoms with van der Waals surface area (Å²) in [7, 11) is 0. The Bertz CT molecular complexity index is 468. The van der Waals surface area contributed by atoms with Gasteiger partial charge >= 0.3 is 0 Å². The Kier molecular flexibility index (Phi) is 8.67. The van der Waals surface area contributed by atoms with Crippen molar-refractivity contribution in [3.05, 3.63) is 16.1 Å². The van der Waals surface area contributed by atoms with Gasteiger partial charge in [0.05, 0.1) is 12.2 Å². The molecule has 1 unspecified atom stereocenters. The van der Waals surface area contributed by atoms with Crippen LogP contribution in [0.4, 0.5) is 0 Å². The maximum atomic E-state index is 5.95. The van der Waals surface area contributed by atoms with Crippen LogP contribution in [0.1, 0.15) is 69.5 Å². The van der Waals surface area contributed by atoms with Crippen molar-refractivity contribution in [2.75, 3.05) is 0 Å². The van der Waals surface area contributed by atoms with Crippen LogP contribution in [0.25, 0.3) is 0 Å². The van der Waals surface area contributed by atoms with E-state index in [1.165, 1.54) is 31.4 Å². The van der Waals surface area contributed by atoms with E-state index < -0.39 is 0 Å². The van der Waals surface area contributed by atoms with Gasteiger partial charge in [0.15, 0.2) is 5.96 Å². The molecule has 0 amide bonds. The first-order valence-electron chi connectivity index (χ1n) is 8.05. The van der Waals surface area contributed by atoms with Gasteiger partial charge < -0.3 is 11.1 Å². The van der Waals surface area contributed by atoms with Gasteiger partial charge in [-0.25, -0.2) is 9.98 Å². The van der Waals surface area contributed by atoms with E-state index in [0.717, 1.165) is 23.3 Å². The predicted molar refractivity (Wildman–Crippen MR) is 106 cm³/mol. The van der Waals surface area contributed by atoms with Crippen molar-refractivity contribution in [1.82, 2.24) is 10.3 Å². The van der Waals surface area contributed by atoms with Crippen LogP contribution in [0, 0.1) is 5.92 Å². The van der Waals surface area contributed by atoms with Gasteiger partial charge in [0.2, 0.25) is 0 Å². The standard InChI is InChI=1S/C16H28N4S.HI/c1-11(2)5-4-6-12(3)19-16(17)18-9-15-20-14(10-21-15)13-7-8-13;/h10-13H,4-9H2,1-3H3,(H3,17,18,19);1H. The Morgan fingerprint density at radius 3 is 2.77 bits per heavy atom. The minimum Gasteiger partial charge on any atom is -0.370 e. The Hall–Kier alpha value is -0.370. The molecule has 0 aliphatic heterocycles. The largest absolute Gasteiger partial charge is 0.370 e. The van der Waals surface area contributed by atoms with E-state index in [2.05, 4.69) is 41.4 Å². The number of thiazole rings is 1. The number of nitrogens with zero attached hydrogens (tertiary/aromatic N) is 2. The maximum Gasteiger partial charge on any atom is 0.189 e. The topological polar surface area (TPSA) is 63.3 Å². The summed E-state index contributed by atoms with van der Waals surface area (Å²) in [5, 5.41) is 6.50. The zero-order chi connectivity index (χ0) is 15.2. The molecule has 3 N–H and O–H groups in total. The molecule has 6 heteroatoms. The van der Waals surface area contributed by atoms with Crippen LogP contribution in [0.2, 0.25) is 0 Å². The highest BCUT2D eigenvalue weighted by Gasteiger charge is 2.25. The highest BCUT2D eigenvalue weighted by molar-refractivity contribution is 14.0. The van der Waals surface area contributed by atoms with Crippen molar-refractivity contribution < 1.29 is 0 Å². The maximum absolute atomic E-state index is 5.95. The van der Waals surface area contributed by atoms with Gasteiger partial charge in [-0.15, -0.1) is 35.3 Å². The molecule has 1 aliphatic carbocycles.